The highest BCUT2D eigenvalue weighted by molar-refractivity contribution is 9.09. The monoisotopic (exact) mass is 291 g/mol. The minimum atomic E-state index is 0.802. The molecule has 2 unspecified atom stereocenters. The molecule has 0 radical (unpaired) electrons. The third-order valence-corrected chi connectivity index (χ3v) is 5.47. The highest BCUT2D eigenvalue weighted by Crippen LogP contribution is 2.38. The van der Waals surface area contributed by atoms with Crippen molar-refractivity contribution in [3.8, 4) is 0 Å². The summed E-state index contributed by atoms with van der Waals surface area (Å²) in [6.45, 7) is 3.60. The summed E-state index contributed by atoms with van der Waals surface area (Å²) in [6.07, 6.45) is 7.06. The first-order valence-corrected chi connectivity index (χ1v) is 8.36. The van der Waals surface area contributed by atoms with E-state index < -0.39 is 0 Å². The van der Waals surface area contributed by atoms with Gasteiger partial charge in [0.1, 0.15) is 0 Å². The van der Waals surface area contributed by atoms with Gasteiger partial charge in [0.05, 0.1) is 0 Å². The first kappa shape index (κ1) is 12.3. The van der Waals surface area contributed by atoms with Crippen LogP contribution in [0.2, 0.25) is 0 Å². The summed E-state index contributed by atoms with van der Waals surface area (Å²) in [5, 5.41) is 0. The summed E-state index contributed by atoms with van der Waals surface area (Å²) >= 11 is 5.88. The van der Waals surface area contributed by atoms with Crippen LogP contribution in [0.1, 0.15) is 39.0 Å². The lowest BCUT2D eigenvalue weighted by molar-refractivity contribution is 0.146. The smallest absolute Gasteiger partial charge is 0.0175 e. The first-order chi connectivity index (χ1) is 7.31. The molecule has 0 aromatic rings. The van der Waals surface area contributed by atoms with Gasteiger partial charge in [0.15, 0.2) is 0 Å². The van der Waals surface area contributed by atoms with Gasteiger partial charge in [0, 0.05) is 16.9 Å². The molecule has 0 aliphatic carbocycles. The summed E-state index contributed by atoms with van der Waals surface area (Å²) in [5.41, 5.74) is 0. The van der Waals surface area contributed by atoms with Crippen molar-refractivity contribution in [2.75, 3.05) is 18.1 Å². The second kappa shape index (κ2) is 5.92. The van der Waals surface area contributed by atoms with Crippen molar-refractivity contribution in [3.05, 3.63) is 0 Å². The molecule has 0 aromatic heterocycles. The predicted molar refractivity (Wildman–Crippen MR) is 73.1 cm³/mol. The number of thioether (sulfide) groups is 1. The fraction of sp³-hybridized carbons (Fsp3) is 1.00. The van der Waals surface area contributed by atoms with Crippen molar-refractivity contribution in [2.24, 2.45) is 0 Å². The molecule has 2 bridgehead atoms. The number of piperidine rings is 1. The third-order valence-electron chi connectivity index (χ3n) is 3.74. The van der Waals surface area contributed by atoms with E-state index in [2.05, 4.69) is 39.5 Å². The lowest BCUT2D eigenvalue weighted by atomic mass is 10.0. The summed E-state index contributed by atoms with van der Waals surface area (Å²) in [5.74, 6) is 2.63. The number of alkyl halides is 1. The summed E-state index contributed by atoms with van der Waals surface area (Å²) in [7, 11) is 0. The summed E-state index contributed by atoms with van der Waals surface area (Å²) < 4.78 is 0. The lowest BCUT2D eigenvalue weighted by Gasteiger charge is -2.37. The van der Waals surface area contributed by atoms with Crippen LogP contribution in [0, 0.1) is 0 Å². The molecule has 0 N–H and O–H groups in total. The first-order valence-electron chi connectivity index (χ1n) is 6.28. The Morgan fingerprint density at radius 3 is 2.53 bits per heavy atom. The maximum Gasteiger partial charge on any atom is 0.0175 e. The Bertz CT molecular complexity index is 186. The van der Waals surface area contributed by atoms with E-state index in [0.29, 0.717) is 0 Å². The predicted octanol–water partition coefficient (Wildman–Crippen LogP) is 3.52. The van der Waals surface area contributed by atoms with Gasteiger partial charge in [-0.3, -0.25) is 4.90 Å². The van der Waals surface area contributed by atoms with Gasteiger partial charge < -0.3 is 0 Å². The van der Waals surface area contributed by atoms with Crippen molar-refractivity contribution in [1.29, 1.82) is 0 Å². The Labute approximate surface area is 106 Å². The number of nitrogens with zero attached hydrogens (tertiary/aromatic N) is 1. The van der Waals surface area contributed by atoms with Crippen LogP contribution in [0.5, 0.6) is 0 Å². The number of rotatable bonds is 5. The summed E-state index contributed by atoms with van der Waals surface area (Å²) in [4.78, 5) is 3.60. The SMILES string of the molecule is CCSCCCN1C2CCC1CC(Br)C2. The molecule has 0 spiro atoms. The van der Waals surface area contributed by atoms with Gasteiger partial charge in [-0.15, -0.1) is 0 Å². The molecule has 2 aliphatic rings. The van der Waals surface area contributed by atoms with Crippen LogP contribution < -0.4 is 0 Å². The molecule has 88 valence electrons. The lowest BCUT2D eigenvalue weighted by Crippen LogP contribution is -2.43. The quantitative estimate of drug-likeness (QED) is 0.563. The Morgan fingerprint density at radius 1 is 1.27 bits per heavy atom. The number of hydrogen-bond acceptors (Lipinski definition) is 2. The average Bonchev–Trinajstić information content (AvgIpc) is 2.46. The van der Waals surface area contributed by atoms with E-state index >= 15 is 0 Å². The second-order valence-electron chi connectivity index (χ2n) is 4.74. The van der Waals surface area contributed by atoms with Crippen molar-refractivity contribution in [3.63, 3.8) is 0 Å². The minimum Gasteiger partial charge on any atom is -0.297 e. The zero-order chi connectivity index (χ0) is 10.7. The zero-order valence-corrected chi connectivity index (χ0v) is 12.0. The molecule has 15 heavy (non-hydrogen) atoms. The van der Waals surface area contributed by atoms with Crippen molar-refractivity contribution >= 4 is 27.7 Å². The molecule has 1 nitrogen and oxygen atoms in total. The molecule has 2 heterocycles. The highest BCUT2D eigenvalue weighted by Gasteiger charge is 2.39. The van der Waals surface area contributed by atoms with Crippen LogP contribution in [0.25, 0.3) is 0 Å². The molecule has 2 rings (SSSR count). The van der Waals surface area contributed by atoms with Gasteiger partial charge in [-0.05, 0) is 50.2 Å². The van der Waals surface area contributed by atoms with Gasteiger partial charge in [0.2, 0.25) is 0 Å². The molecule has 2 aliphatic heterocycles. The van der Waals surface area contributed by atoms with E-state index in [1.807, 2.05) is 0 Å². The van der Waals surface area contributed by atoms with Gasteiger partial charge >= 0.3 is 0 Å². The average molecular weight is 292 g/mol. The molecular weight excluding hydrogens is 270 g/mol. The molecule has 0 amide bonds. The fourth-order valence-electron chi connectivity index (χ4n) is 3.07. The van der Waals surface area contributed by atoms with Crippen LogP contribution in [0.3, 0.4) is 0 Å². The maximum absolute atomic E-state index is 3.80. The Morgan fingerprint density at radius 2 is 1.93 bits per heavy atom. The van der Waals surface area contributed by atoms with E-state index in [1.54, 1.807) is 0 Å². The molecule has 2 atom stereocenters. The largest absolute Gasteiger partial charge is 0.297 e. The van der Waals surface area contributed by atoms with Gasteiger partial charge in [-0.2, -0.15) is 11.8 Å². The number of halogens is 1. The molecule has 2 saturated heterocycles. The van der Waals surface area contributed by atoms with E-state index in [-0.39, 0.29) is 0 Å². The summed E-state index contributed by atoms with van der Waals surface area (Å²) in [6, 6.07) is 1.81. The molecular formula is C12H22BrNS. The maximum atomic E-state index is 3.80. The van der Waals surface area contributed by atoms with Crippen molar-refractivity contribution < 1.29 is 0 Å². The molecule has 0 aromatic carbocycles. The van der Waals surface area contributed by atoms with E-state index in [9.17, 15) is 0 Å². The van der Waals surface area contributed by atoms with E-state index in [0.717, 1.165) is 16.9 Å². The Hall–Kier alpha value is 0.790. The van der Waals surface area contributed by atoms with Crippen LogP contribution >= 0.6 is 27.7 Å². The zero-order valence-electron chi connectivity index (χ0n) is 9.62. The Kier molecular flexibility index (Phi) is 4.84. The topological polar surface area (TPSA) is 3.24 Å². The minimum absolute atomic E-state index is 0.802. The molecule has 2 fully saturated rings. The number of hydrogen-bond donors (Lipinski definition) is 0. The van der Waals surface area contributed by atoms with E-state index in [4.69, 9.17) is 0 Å². The third kappa shape index (κ3) is 3.13. The van der Waals surface area contributed by atoms with Gasteiger partial charge in [-0.25, -0.2) is 0 Å². The van der Waals surface area contributed by atoms with E-state index in [1.165, 1.54) is 50.2 Å². The van der Waals surface area contributed by atoms with Gasteiger partial charge in [0.25, 0.3) is 0 Å². The van der Waals surface area contributed by atoms with Crippen LogP contribution in [0.4, 0.5) is 0 Å². The standard InChI is InChI=1S/C12H22BrNS/c1-2-15-7-3-6-14-11-4-5-12(14)9-10(13)8-11/h10-12H,2-9H2,1H3. The Balaban J connectivity index is 1.74. The fourth-order valence-corrected chi connectivity index (χ4v) is 4.55. The van der Waals surface area contributed by atoms with Crippen molar-refractivity contribution in [1.82, 2.24) is 4.90 Å². The number of fused-ring (bicyclic) bond motifs is 2. The van der Waals surface area contributed by atoms with Crippen molar-refractivity contribution in [2.45, 2.75) is 55.9 Å². The highest BCUT2D eigenvalue weighted by atomic mass is 79.9. The normalized spacial score (nSPS) is 36.0. The second-order valence-corrected chi connectivity index (χ2v) is 7.43. The molecule has 0 saturated carbocycles. The van der Waals surface area contributed by atoms with Gasteiger partial charge in [-0.1, -0.05) is 22.9 Å². The van der Waals surface area contributed by atoms with Crippen LogP contribution in [-0.4, -0.2) is 39.9 Å². The van der Waals surface area contributed by atoms with Crippen LogP contribution in [0.15, 0.2) is 0 Å². The van der Waals surface area contributed by atoms with Crippen LogP contribution in [-0.2, 0) is 0 Å². The molecule has 3 heteroatoms.